The maximum absolute atomic E-state index is 11.8. The minimum atomic E-state index is -0.877. The molecule has 0 N–H and O–H groups in total. The van der Waals surface area contributed by atoms with E-state index in [1.807, 2.05) is 22.6 Å². The Morgan fingerprint density at radius 2 is 1.82 bits per heavy atom. The van der Waals surface area contributed by atoms with E-state index in [0.29, 0.717) is 20.6 Å². The van der Waals surface area contributed by atoms with Crippen molar-refractivity contribution >= 4 is 34.5 Å². The van der Waals surface area contributed by atoms with Crippen LogP contribution in [0.2, 0.25) is 0 Å². The van der Waals surface area contributed by atoms with Crippen molar-refractivity contribution in [1.82, 2.24) is 0 Å². The Kier molecular flexibility index (Phi) is 5.99. The van der Waals surface area contributed by atoms with E-state index >= 15 is 0 Å². The maximum Gasteiger partial charge on any atom is 0.333 e. The van der Waals surface area contributed by atoms with Crippen LogP contribution in [0.3, 0.4) is 0 Å². The van der Waals surface area contributed by atoms with Gasteiger partial charge in [-0.2, -0.15) is 0 Å². The second kappa shape index (κ2) is 7.13. The lowest BCUT2D eigenvalue weighted by Gasteiger charge is -2.27. The van der Waals surface area contributed by atoms with Crippen molar-refractivity contribution in [3.05, 3.63) is 33.4 Å². The number of rotatable bonds is 5. The van der Waals surface area contributed by atoms with Crippen LogP contribution >= 0.6 is 22.6 Å². The van der Waals surface area contributed by atoms with Crippen molar-refractivity contribution in [2.24, 2.45) is 0 Å². The molecule has 0 heterocycles. The van der Waals surface area contributed by atoms with E-state index in [9.17, 15) is 9.59 Å². The van der Waals surface area contributed by atoms with Gasteiger partial charge in [0.2, 0.25) is 0 Å². The van der Waals surface area contributed by atoms with Crippen molar-refractivity contribution in [3.8, 4) is 11.5 Å². The van der Waals surface area contributed by atoms with Crippen LogP contribution in [-0.2, 0) is 19.9 Å². The number of carbonyl (C=O) groups excluding carboxylic acids is 2. The lowest BCUT2D eigenvalue weighted by molar-refractivity contribution is -0.152. The molecule has 1 rings (SSSR count). The van der Waals surface area contributed by atoms with Crippen LogP contribution in [-0.4, -0.2) is 19.0 Å². The summed E-state index contributed by atoms with van der Waals surface area (Å²) in [5.41, 5.74) is 0.170. The van der Waals surface area contributed by atoms with Gasteiger partial charge in [0.25, 0.3) is 0 Å². The second-order valence-corrected chi connectivity index (χ2v) is 6.43. The summed E-state index contributed by atoms with van der Waals surface area (Å²) in [6, 6.07) is 3.47. The monoisotopic (exact) mass is 418 g/mol. The van der Waals surface area contributed by atoms with E-state index in [2.05, 4.69) is 6.58 Å². The number of methoxy groups -OCH3 is 1. The van der Waals surface area contributed by atoms with Crippen LogP contribution in [0.5, 0.6) is 11.5 Å². The Bertz CT molecular complexity index is 619. The number of hydrogen-bond donors (Lipinski definition) is 0. The third-order valence-electron chi connectivity index (χ3n) is 2.87. The molecule has 0 aliphatic carbocycles. The predicted octanol–water partition coefficient (Wildman–Crippen LogP) is 3.58. The molecule has 0 saturated heterocycles. The first kappa shape index (κ1) is 18.5. The van der Waals surface area contributed by atoms with Gasteiger partial charge in [-0.3, -0.25) is 4.79 Å². The van der Waals surface area contributed by atoms with Gasteiger partial charge in [-0.05, 0) is 61.1 Å². The van der Waals surface area contributed by atoms with Crippen LogP contribution in [0.4, 0.5) is 0 Å². The average molecular weight is 418 g/mol. The first-order valence-corrected chi connectivity index (χ1v) is 7.61. The molecule has 0 spiro atoms. The predicted molar refractivity (Wildman–Crippen MR) is 91.0 cm³/mol. The van der Waals surface area contributed by atoms with Gasteiger partial charge in [0, 0.05) is 12.5 Å². The molecule has 0 bridgehead atoms. The van der Waals surface area contributed by atoms with Crippen LogP contribution in [0, 0.1) is 3.57 Å². The van der Waals surface area contributed by atoms with Gasteiger partial charge in [0.15, 0.2) is 11.5 Å². The number of carbonyl (C=O) groups is 2. The molecule has 0 unspecified atom stereocenters. The number of ether oxygens (including phenoxy) is 3. The molecule has 0 radical (unpaired) electrons. The van der Waals surface area contributed by atoms with Gasteiger partial charge >= 0.3 is 11.9 Å². The molecule has 1 aromatic rings. The molecule has 0 atom stereocenters. The molecule has 1 aromatic carbocycles. The summed E-state index contributed by atoms with van der Waals surface area (Å²) in [6.07, 6.45) is 0. The van der Waals surface area contributed by atoms with Crippen molar-refractivity contribution in [1.29, 1.82) is 0 Å². The standard InChI is InChI=1S/C16H19IO5/c1-9(2)15(19)22-16(4,5)11-7-12(17)14(21-10(3)18)13(8-11)20-6/h7-8H,1H2,2-6H3. The summed E-state index contributed by atoms with van der Waals surface area (Å²) < 4.78 is 16.6. The summed E-state index contributed by atoms with van der Waals surface area (Å²) in [5, 5.41) is 0. The smallest absolute Gasteiger partial charge is 0.333 e. The molecule has 0 fully saturated rings. The first-order valence-electron chi connectivity index (χ1n) is 6.53. The molecule has 0 amide bonds. The molecule has 22 heavy (non-hydrogen) atoms. The number of benzene rings is 1. The molecule has 5 nitrogen and oxygen atoms in total. The van der Waals surface area contributed by atoms with Gasteiger partial charge in [-0.25, -0.2) is 4.79 Å². The molecule has 0 aliphatic heterocycles. The number of halogens is 1. The molecular formula is C16H19IO5. The Morgan fingerprint density at radius 3 is 2.27 bits per heavy atom. The van der Waals surface area contributed by atoms with Gasteiger partial charge < -0.3 is 14.2 Å². The average Bonchev–Trinajstić information content (AvgIpc) is 2.39. The van der Waals surface area contributed by atoms with Gasteiger partial charge in [-0.15, -0.1) is 0 Å². The Labute approximate surface area is 143 Å². The summed E-state index contributed by atoms with van der Waals surface area (Å²) >= 11 is 2.04. The zero-order valence-corrected chi connectivity index (χ0v) is 15.4. The summed E-state index contributed by atoms with van der Waals surface area (Å²) in [7, 11) is 1.48. The van der Waals surface area contributed by atoms with Gasteiger partial charge in [0.1, 0.15) is 5.60 Å². The third-order valence-corrected chi connectivity index (χ3v) is 3.67. The fraction of sp³-hybridized carbons (Fsp3) is 0.375. The van der Waals surface area contributed by atoms with Gasteiger partial charge in [0.05, 0.1) is 10.7 Å². The quantitative estimate of drug-likeness (QED) is 0.317. The fourth-order valence-electron chi connectivity index (χ4n) is 1.69. The van der Waals surface area contributed by atoms with E-state index in [1.54, 1.807) is 32.9 Å². The Balaban J connectivity index is 3.26. The topological polar surface area (TPSA) is 61.8 Å². The zero-order valence-electron chi connectivity index (χ0n) is 13.3. The number of esters is 2. The lowest BCUT2D eigenvalue weighted by atomic mass is 9.97. The largest absolute Gasteiger partial charge is 0.493 e. The highest BCUT2D eigenvalue weighted by Gasteiger charge is 2.28. The summed E-state index contributed by atoms with van der Waals surface area (Å²) in [5.74, 6) is -0.155. The van der Waals surface area contributed by atoms with Crippen LogP contribution in [0.1, 0.15) is 33.3 Å². The zero-order chi connectivity index (χ0) is 17.1. The molecule has 0 saturated carbocycles. The Hall–Kier alpha value is -1.57. The minimum absolute atomic E-state index is 0.325. The maximum atomic E-state index is 11.8. The second-order valence-electron chi connectivity index (χ2n) is 5.26. The van der Waals surface area contributed by atoms with Crippen molar-refractivity contribution in [2.45, 2.75) is 33.3 Å². The van der Waals surface area contributed by atoms with Crippen LogP contribution in [0.25, 0.3) is 0 Å². The summed E-state index contributed by atoms with van der Waals surface area (Å²) in [6.45, 7) is 10.0. The molecule has 6 heteroatoms. The van der Waals surface area contributed by atoms with Gasteiger partial charge in [-0.1, -0.05) is 6.58 Å². The van der Waals surface area contributed by atoms with Crippen molar-refractivity contribution in [3.63, 3.8) is 0 Å². The van der Waals surface area contributed by atoms with Crippen LogP contribution < -0.4 is 9.47 Å². The molecule has 120 valence electrons. The summed E-state index contributed by atoms with van der Waals surface area (Å²) in [4.78, 5) is 22.9. The van der Waals surface area contributed by atoms with Crippen molar-refractivity contribution in [2.75, 3.05) is 7.11 Å². The lowest BCUT2D eigenvalue weighted by Crippen LogP contribution is -2.26. The highest BCUT2D eigenvalue weighted by molar-refractivity contribution is 14.1. The van der Waals surface area contributed by atoms with E-state index in [-0.39, 0.29) is 0 Å². The van der Waals surface area contributed by atoms with E-state index in [0.717, 1.165) is 5.56 Å². The molecule has 0 aliphatic rings. The normalized spacial score (nSPS) is 10.8. The molecular weight excluding hydrogens is 399 g/mol. The third kappa shape index (κ3) is 4.46. The number of hydrogen-bond acceptors (Lipinski definition) is 5. The van der Waals surface area contributed by atoms with E-state index < -0.39 is 17.5 Å². The molecule has 0 aromatic heterocycles. The minimum Gasteiger partial charge on any atom is -0.493 e. The van der Waals surface area contributed by atoms with Crippen LogP contribution in [0.15, 0.2) is 24.3 Å². The Morgan fingerprint density at radius 1 is 1.23 bits per heavy atom. The fourth-order valence-corrected chi connectivity index (χ4v) is 2.40. The van der Waals surface area contributed by atoms with Crippen molar-refractivity contribution < 1.29 is 23.8 Å². The highest BCUT2D eigenvalue weighted by Crippen LogP contribution is 2.38. The SMILES string of the molecule is C=C(C)C(=O)OC(C)(C)c1cc(I)c(OC(C)=O)c(OC)c1. The van der Waals surface area contributed by atoms with E-state index in [1.165, 1.54) is 14.0 Å². The van der Waals surface area contributed by atoms with E-state index in [4.69, 9.17) is 14.2 Å². The highest BCUT2D eigenvalue weighted by atomic mass is 127. The first-order chi connectivity index (χ1) is 10.1.